The van der Waals surface area contributed by atoms with Crippen LogP contribution < -0.4 is 4.83 Å². The number of hydrogen-bond donors (Lipinski definition) is 2. The topological polar surface area (TPSA) is 78.8 Å². The lowest BCUT2D eigenvalue weighted by atomic mass is 10.0. The lowest BCUT2D eigenvalue weighted by molar-refractivity contribution is 0.474. The van der Waals surface area contributed by atoms with E-state index in [1.165, 1.54) is 31.2 Å². The fraction of sp³-hybridized carbons (Fsp3) is 0.235. The quantitative estimate of drug-likeness (QED) is 0.571. The molecule has 0 bridgehead atoms. The van der Waals surface area contributed by atoms with E-state index in [0.717, 1.165) is 5.56 Å². The van der Waals surface area contributed by atoms with Crippen molar-refractivity contribution in [2.45, 2.75) is 31.6 Å². The van der Waals surface area contributed by atoms with Crippen molar-refractivity contribution < 1.29 is 13.5 Å². The van der Waals surface area contributed by atoms with Crippen LogP contribution in [0, 0.1) is 0 Å². The van der Waals surface area contributed by atoms with Crippen LogP contribution in [-0.2, 0) is 10.0 Å². The van der Waals surface area contributed by atoms with Crippen molar-refractivity contribution in [3.05, 3.63) is 57.6 Å². The minimum absolute atomic E-state index is 0.0594. The molecule has 0 amide bonds. The number of benzene rings is 2. The maximum absolute atomic E-state index is 12.3. The molecule has 8 heteroatoms. The molecule has 0 fully saturated rings. The minimum Gasteiger partial charge on any atom is -0.506 e. The van der Waals surface area contributed by atoms with Gasteiger partial charge in [-0.25, -0.2) is 0 Å². The Bertz CT molecular complexity index is 908. The van der Waals surface area contributed by atoms with Gasteiger partial charge >= 0.3 is 0 Å². The molecule has 0 heterocycles. The van der Waals surface area contributed by atoms with E-state index in [2.05, 4.69) is 9.93 Å². The average molecular weight is 401 g/mol. The molecule has 0 aliphatic carbocycles. The van der Waals surface area contributed by atoms with Crippen molar-refractivity contribution in [1.29, 1.82) is 0 Å². The second-order valence-electron chi connectivity index (χ2n) is 5.80. The highest BCUT2D eigenvalue weighted by Crippen LogP contribution is 2.31. The number of sulfonamides is 1. The van der Waals surface area contributed by atoms with Gasteiger partial charge in [-0.3, -0.25) is 0 Å². The van der Waals surface area contributed by atoms with E-state index in [0.29, 0.717) is 10.9 Å². The number of nitrogens with zero attached hydrogens (tertiary/aromatic N) is 1. The fourth-order valence-electron chi connectivity index (χ4n) is 2.12. The fourth-order valence-corrected chi connectivity index (χ4v) is 3.47. The van der Waals surface area contributed by atoms with Crippen LogP contribution >= 0.6 is 23.2 Å². The van der Waals surface area contributed by atoms with Crippen molar-refractivity contribution in [2.75, 3.05) is 0 Å². The molecule has 0 radical (unpaired) electrons. The zero-order valence-electron chi connectivity index (χ0n) is 13.9. The first-order chi connectivity index (χ1) is 11.6. The summed E-state index contributed by atoms with van der Waals surface area (Å²) in [6.07, 6.45) is 0. The summed E-state index contributed by atoms with van der Waals surface area (Å²) in [5, 5.41) is 14.2. The van der Waals surface area contributed by atoms with Crippen molar-refractivity contribution in [1.82, 2.24) is 4.83 Å². The Hall–Kier alpha value is -1.76. The molecule has 25 heavy (non-hydrogen) atoms. The van der Waals surface area contributed by atoms with Crippen LogP contribution in [0.25, 0.3) is 0 Å². The lowest BCUT2D eigenvalue weighted by Crippen LogP contribution is -2.20. The summed E-state index contributed by atoms with van der Waals surface area (Å²) in [5.41, 5.74) is 1.51. The normalized spacial score (nSPS) is 12.5. The predicted octanol–water partition coefficient (Wildman–Crippen LogP) is 4.52. The third-order valence-electron chi connectivity index (χ3n) is 3.61. The molecule has 0 aliphatic heterocycles. The third-order valence-corrected chi connectivity index (χ3v) is 5.34. The summed E-state index contributed by atoms with van der Waals surface area (Å²) in [6.45, 7) is 5.59. The molecule has 0 aliphatic rings. The second-order valence-corrected chi connectivity index (χ2v) is 8.30. The largest absolute Gasteiger partial charge is 0.506 e. The third kappa shape index (κ3) is 4.66. The van der Waals surface area contributed by atoms with Gasteiger partial charge in [0.05, 0.1) is 15.6 Å². The maximum Gasteiger partial charge on any atom is 0.276 e. The van der Waals surface area contributed by atoms with Crippen molar-refractivity contribution in [3.63, 3.8) is 0 Å². The van der Waals surface area contributed by atoms with E-state index in [1.54, 1.807) is 12.1 Å². The Morgan fingerprint density at radius 2 is 1.76 bits per heavy atom. The second kappa shape index (κ2) is 7.64. The van der Waals surface area contributed by atoms with Gasteiger partial charge in [0, 0.05) is 10.6 Å². The molecule has 5 nitrogen and oxygen atoms in total. The van der Waals surface area contributed by atoms with Crippen LogP contribution in [0.2, 0.25) is 10.0 Å². The number of aromatic hydroxyl groups is 1. The zero-order chi connectivity index (χ0) is 18.8. The van der Waals surface area contributed by atoms with E-state index >= 15 is 0 Å². The molecule has 0 unspecified atom stereocenters. The van der Waals surface area contributed by atoms with Crippen LogP contribution in [0.15, 0.2) is 46.4 Å². The number of nitrogens with one attached hydrogen (secondary N) is 1. The van der Waals surface area contributed by atoms with E-state index in [1.807, 2.05) is 13.8 Å². The summed E-state index contributed by atoms with van der Waals surface area (Å²) >= 11 is 11.8. The Morgan fingerprint density at radius 3 is 2.32 bits per heavy atom. The molecular weight excluding hydrogens is 383 g/mol. The number of hydrazone groups is 1. The Morgan fingerprint density at radius 1 is 1.16 bits per heavy atom. The van der Waals surface area contributed by atoms with Crippen molar-refractivity contribution in [2.24, 2.45) is 5.10 Å². The highest BCUT2D eigenvalue weighted by Gasteiger charge is 2.15. The van der Waals surface area contributed by atoms with E-state index in [4.69, 9.17) is 23.2 Å². The number of halogens is 2. The lowest BCUT2D eigenvalue weighted by Gasteiger charge is -2.09. The van der Waals surface area contributed by atoms with Gasteiger partial charge in [0.25, 0.3) is 10.0 Å². The molecule has 0 saturated heterocycles. The zero-order valence-corrected chi connectivity index (χ0v) is 16.2. The van der Waals surface area contributed by atoms with Gasteiger partial charge in [0.2, 0.25) is 0 Å². The van der Waals surface area contributed by atoms with E-state index in [-0.39, 0.29) is 26.9 Å². The molecule has 0 atom stereocenters. The SMILES string of the molecule is C/C(=N\NS(=O)(=O)c1ccc(C(C)C)cc1)c1cc(Cl)cc(Cl)c1O. The first-order valence-electron chi connectivity index (χ1n) is 7.46. The Balaban J connectivity index is 2.27. The summed E-state index contributed by atoms with van der Waals surface area (Å²) < 4.78 is 24.7. The van der Waals surface area contributed by atoms with Crippen LogP contribution in [-0.4, -0.2) is 19.2 Å². The Kier molecular flexibility index (Phi) is 5.98. The molecule has 0 spiro atoms. The van der Waals surface area contributed by atoms with Crippen LogP contribution in [0.3, 0.4) is 0 Å². The smallest absolute Gasteiger partial charge is 0.276 e. The number of phenols is 1. The summed E-state index contributed by atoms with van der Waals surface area (Å²) in [4.78, 5) is 2.25. The van der Waals surface area contributed by atoms with Crippen molar-refractivity contribution >= 4 is 38.9 Å². The molecule has 134 valence electrons. The first kappa shape index (κ1) is 19.6. The molecule has 2 rings (SSSR count). The standard InChI is InChI=1S/C17H18Cl2N2O3S/c1-10(2)12-4-6-14(7-5-12)25(23,24)21-20-11(3)15-8-13(18)9-16(19)17(15)22/h4-10,21-22H,1-3H3/b20-11+. The first-order valence-corrected chi connectivity index (χ1v) is 9.70. The molecule has 0 saturated carbocycles. The molecule has 0 aromatic heterocycles. The molecule has 2 aromatic carbocycles. The van der Waals surface area contributed by atoms with Crippen LogP contribution in [0.1, 0.15) is 37.8 Å². The van der Waals surface area contributed by atoms with Crippen LogP contribution in [0.5, 0.6) is 5.75 Å². The highest BCUT2D eigenvalue weighted by atomic mass is 35.5. The number of phenolic OH excluding ortho intramolecular Hbond substituents is 1. The summed E-state index contributed by atoms with van der Waals surface area (Å²) in [7, 11) is -3.82. The molecular formula is C17H18Cl2N2O3S. The molecule has 2 N–H and O–H groups in total. The van der Waals surface area contributed by atoms with Gasteiger partial charge in [0.15, 0.2) is 0 Å². The minimum atomic E-state index is -3.82. The summed E-state index contributed by atoms with van der Waals surface area (Å²) in [6, 6.07) is 9.41. The van der Waals surface area contributed by atoms with Gasteiger partial charge in [-0.1, -0.05) is 49.2 Å². The van der Waals surface area contributed by atoms with Crippen LogP contribution in [0.4, 0.5) is 0 Å². The monoisotopic (exact) mass is 400 g/mol. The van der Waals surface area contributed by atoms with Gasteiger partial charge in [-0.2, -0.15) is 18.4 Å². The predicted molar refractivity (Wildman–Crippen MR) is 101 cm³/mol. The van der Waals surface area contributed by atoms with Gasteiger partial charge in [0.1, 0.15) is 5.75 Å². The molecule has 2 aromatic rings. The van der Waals surface area contributed by atoms with Gasteiger partial charge in [-0.15, -0.1) is 0 Å². The van der Waals surface area contributed by atoms with E-state index < -0.39 is 10.0 Å². The van der Waals surface area contributed by atoms with Gasteiger partial charge < -0.3 is 5.11 Å². The Labute approximate surface area is 157 Å². The van der Waals surface area contributed by atoms with Crippen molar-refractivity contribution in [3.8, 4) is 5.75 Å². The average Bonchev–Trinajstić information content (AvgIpc) is 2.56. The van der Waals surface area contributed by atoms with E-state index in [9.17, 15) is 13.5 Å². The van der Waals surface area contributed by atoms with Gasteiger partial charge in [-0.05, 0) is 42.7 Å². The number of hydrogen-bond acceptors (Lipinski definition) is 4. The summed E-state index contributed by atoms with van der Waals surface area (Å²) in [5.74, 6) is 0.0910. The number of rotatable bonds is 5. The highest BCUT2D eigenvalue weighted by molar-refractivity contribution is 7.89. The maximum atomic E-state index is 12.3.